The summed E-state index contributed by atoms with van der Waals surface area (Å²) in [5, 5.41) is 0. The number of hydrogen-bond acceptors (Lipinski definition) is 2. The molecule has 0 fully saturated rings. The summed E-state index contributed by atoms with van der Waals surface area (Å²) < 4.78 is 38.2. The van der Waals surface area contributed by atoms with Crippen LogP contribution in [0.25, 0.3) is 0 Å². The monoisotopic (exact) mass is 190 g/mol. The molecular weight excluding hydrogens is 181 g/mol. The number of pyridine rings is 1. The molecule has 1 aromatic heterocycles. The summed E-state index contributed by atoms with van der Waals surface area (Å²) in [5.41, 5.74) is 4.67. The van der Waals surface area contributed by atoms with E-state index in [1.54, 1.807) is 0 Å². The third kappa shape index (κ3) is 2.18. The first-order valence-electron chi connectivity index (χ1n) is 3.68. The van der Waals surface area contributed by atoms with Gasteiger partial charge in [0.15, 0.2) is 0 Å². The zero-order valence-corrected chi connectivity index (χ0v) is 7.02. The molecule has 0 radical (unpaired) electrons. The first-order valence-corrected chi connectivity index (χ1v) is 3.68. The summed E-state index contributed by atoms with van der Waals surface area (Å²) in [6.07, 6.45) is 0.936. The number of nitrogens with zero attached hydrogens (tertiary/aromatic N) is 1. The zero-order valence-electron chi connectivity index (χ0n) is 7.02. The Labute approximate surface area is 73.6 Å². The van der Waals surface area contributed by atoms with E-state index in [4.69, 9.17) is 5.73 Å². The lowest BCUT2D eigenvalue weighted by molar-refractivity contribution is 0.0167. The highest BCUT2D eigenvalue weighted by Gasteiger charge is 2.25. The molecule has 0 aromatic carbocycles. The lowest BCUT2D eigenvalue weighted by Crippen LogP contribution is -2.11. The van der Waals surface area contributed by atoms with Gasteiger partial charge in [0.2, 0.25) is 0 Å². The second kappa shape index (κ2) is 3.33. The van der Waals surface area contributed by atoms with Crippen LogP contribution in [0.1, 0.15) is 18.2 Å². The van der Waals surface area contributed by atoms with Crippen molar-refractivity contribution in [1.29, 1.82) is 0 Å². The van der Waals surface area contributed by atoms with Crippen LogP contribution >= 0.6 is 0 Å². The SMILES string of the molecule is CC(F)(F)c1cnc(CN)c(F)c1. The van der Waals surface area contributed by atoms with E-state index in [9.17, 15) is 13.2 Å². The fraction of sp³-hybridized carbons (Fsp3) is 0.375. The van der Waals surface area contributed by atoms with Gasteiger partial charge >= 0.3 is 0 Å². The van der Waals surface area contributed by atoms with Crippen LogP contribution in [0.5, 0.6) is 0 Å². The summed E-state index contributed by atoms with van der Waals surface area (Å²) in [5.74, 6) is -3.86. The van der Waals surface area contributed by atoms with Gasteiger partial charge in [-0.05, 0) is 6.07 Å². The molecule has 1 heterocycles. The van der Waals surface area contributed by atoms with Crippen molar-refractivity contribution in [2.24, 2.45) is 5.73 Å². The standard InChI is InChI=1S/C8H9F3N2/c1-8(10,11)5-2-6(9)7(3-12)13-4-5/h2,4H,3,12H2,1H3. The van der Waals surface area contributed by atoms with Crippen molar-refractivity contribution < 1.29 is 13.2 Å². The summed E-state index contributed by atoms with van der Waals surface area (Å²) in [7, 11) is 0. The Morgan fingerprint density at radius 2 is 2.15 bits per heavy atom. The molecule has 2 nitrogen and oxygen atoms in total. The van der Waals surface area contributed by atoms with Crippen molar-refractivity contribution in [2.75, 3.05) is 0 Å². The summed E-state index contributed by atoms with van der Waals surface area (Å²) in [6.45, 7) is 0.590. The van der Waals surface area contributed by atoms with Crippen molar-refractivity contribution in [3.05, 3.63) is 29.3 Å². The average Bonchev–Trinajstić information content (AvgIpc) is 2.02. The summed E-state index contributed by atoms with van der Waals surface area (Å²) in [4.78, 5) is 3.48. The van der Waals surface area contributed by atoms with Gasteiger partial charge in [0.25, 0.3) is 5.92 Å². The van der Waals surface area contributed by atoms with Crippen LogP contribution in [0, 0.1) is 5.82 Å². The normalized spacial score (nSPS) is 11.8. The van der Waals surface area contributed by atoms with Crippen molar-refractivity contribution in [2.45, 2.75) is 19.4 Å². The van der Waals surface area contributed by atoms with Crippen LogP contribution in [-0.2, 0) is 12.5 Å². The highest BCUT2D eigenvalue weighted by atomic mass is 19.3. The fourth-order valence-electron chi connectivity index (χ4n) is 0.856. The molecule has 0 saturated carbocycles. The minimum absolute atomic E-state index is 0.00648. The van der Waals surface area contributed by atoms with Gasteiger partial charge in [0, 0.05) is 25.2 Å². The number of nitrogens with two attached hydrogens (primary N) is 1. The van der Waals surface area contributed by atoms with Crippen LogP contribution in [0.4, 0.5) is 13.2 Å². The molecule has 1 aromatic rings. The molecule has 5 heteroatoms. The van der Waals surface area contributed by atoms with Gasteiger partial charge in [-0.1, -0.05) is 0 Å². The number of rotatable bonds is 2. The van der Waals surface area contributed by atoms with E-state index in [1.807, 2.05) is 0 Å². The lowest BCUT2D eigenvalue weighted by Gasteiger charge is -2.10. The van der Waals surface area contributed by atoms with Crippen LogP contribution in [0.3, 0.4) is 0 Å². The van der Waals surface area contributed by atoms with Crippen molar-refractivity contribution in [3.63, 3.8) is 0 Å². The second-order valence-electron chi connectivity index (χ2n) is 2.75. The van der Waals surface area contributed by atoms with Gasteiger partial charge in [-0.3, -0.25) is 4.98 Å². The van der Waals surface area contributed by atoms with E-state index >= 15 is 0 Å². The van der Waals surface area contributed by atoms with Gasteiger partial charge in [0.1, 0.15) is 5.82 Å². The predicted octanol–water partition coefficient (Wildman–Crippen LogP) is 1.79. The summed E-state index contributed by atoms with van der Waals surface area (Å²) >= 11 is 0. The molecule has 0 saturated heterocycles. The average molecular weight is 190 g/mol. The highest BCUT2D eigenvalue weighted by Crippen LogP contribution is 2.26. The molecule has 1 rings (SSSR count). The Bertz CT molecular complexity index is 307. The Morgan fingerprint density at radius 1 is 1.54 bits per heavy atom. The van der Waals surface area contributed by atoms with Crippen molar-refractivity contribution in [1.82, 2.24) is 4.98 Å². The molecule has 0 amide bonds. The molecule has 0 bridgehead atoms. The van der Waals surface area contributed by atoms with Gasteiger partial charge in [0.05, 0.1) is 5.69 Å². The van der Waals surface area contributed by atoms with Crippen LogP contribution < -0.4 is 5.73 Å². The maximum absolute atomic E-state index is 12.9. The third-order valence-electron chi connectivity index (χ3n) is 1.62. The minimum Gasteiger partial charge on any atom is -0.325 e. The van der Waals surface area contributed by atoms with Crippen LogP contribution in [0.15, 0.2) is 12.3 Å². The van der Waals surface area contributed by atoms with Gasteiger partial charge < -0.3 is 5.73 Å². The number of halogens is 3. The molecule has 13 heavy (non-hydrogen) atoms. The molecule has 0 aliphatic carbocycles. The fourth-order valence-corrected chi connectivity index (χ4v) is 0.856. The first-order chi connectivity index (χ1) is 5.95. The zero-order chi connectivity index (χ0) is 10.1. The Morgan fingerprint density at radius 3 is 2.54 bits per heavy atom. The molecular formula is C8H9F3N2. The van der Waals surface area contributed by atoms with E-state index in [0.29, 0.717) is 6.92 Å². The van der Waals surface area contributed by atoms with Crippen LogP contribution in [0.2, 0.25) is 0 Å². The third-order valence-corrected chi connectivity index (χ3v) is 1.62. The highest BCUT2D eigenvalue weighted by molar-refractivity contribution is 5.19. The van der Waals surface area contributed by atoms with E-state index in [2.05, 4.69) is 4.98 Å². The number of hydrogen-bond donors (Lipinski definition) is 1. The Kier molecular flexibility index (Phi) is 2.56. The molecule has 0 unspecified atom stereocenters. The number of alkyl halides is 2. The van der Waals surface area contributed by atoms with E-state index in [-0.39, 0.29) is 12.2 Å². The number of aromatic nitrogens is 1. The maximum Gasteiger partial charge on any atom is 0.272 e. The smallest absolute Gasteiger partial charge is 0.272 e. The molecule has 72 valence electrons. The Balaban J connectivity index is 3.10. The van der Waals surface area contributed by atoms with E-state index < -0.39 is 17.3 Å². The van der Waals surface area contributed by atoms with Gasteiger partial charge in [-0.15, -0.1) is 0 Å². The topological polar surface area (TPSA) is 38.9 Å². The molecule has 0 aliphatic rings. The largest absolute Gasteiger partial charge is 0.325 e. The quantitative estimate of drug-likeness (QED) is 0.772. The van der Waals surface area contributed by atoms with E-state index in [0.717, 1.165) is 12.3 Å². The lowest BCUT2D eigenvalue weighted by atomic mass is 10.1. The van der Waals surface area contributed by atoms with Gasteiger partial charge in [-0.25, -0.2) is 13.2 Å². The van der Waals surface area contributed by atoms with E-state index in [1.165, 1.54) is 0 Å². The minimum atomic E-state index is -3.07. The summed E-state index contributed by atoms with van der Waals surface area (Å²) in [6, 6.07) is 0.759. The molecule has 0 atom stereocenters. The second-order valence-corrected chi connectivity index (χ2v) is 2.75. The van der Waals surface area contributed by atoms with Crippen molar-refractivity contribution >= 4 is 0 Å². The maximum atomic E-state index is 12.9. The molecule has 2 N–H and O–H groups in total. The van der Waals surface area contributed by atoms with Crippen molar-refractivity contribution in [3.8, 4) is 0 Å². The van der Waals surface area contributed by atoms with Gasteiger partial charge in [-0.2, -0.15) is 0 Å². The molecule has 0 spiro atoms. The molecule has 0 aliphatic heterocycles. The predicted molar refractivity (Wildman–Crippen MR) is 41.7 cm³/mol. The Hall–Kier alpha value is -1.10. The van der Waals surface area contributed by atoms with Crippen LogP contribution in [-0.4, -0.2) is 4.98 Å². The first kappa shape index (κ1) is 9.98.